The molecule has 8 heavy (non-hydrogen) atoms. The summed E-state index contributed by atoms with van der Waals surface area (Å²) in [7, 11) is 0. The normalized spacial score (nSPS) is 28.4. The monoisotopic (exact) mass is 113 g/mol. The Labute approximate surface area is 49.3 Å². The first-order chi connectivity index (χ1) is 3.93. The Balaban J connectivity index is 2.32. The number of hydrogen-bond donors (Lipinski definition) is 1. The fourth-order valence-corrected chi connectivity index (χ4v) is 0.895. The first-order valence-electron chi connectivity index (χ1n) is 2.95. The summed E-state index contributed by atoms with van der Waals surface area (Å²) in [5.41, 5.74) is 0. The van der Waals surface area contributed by atoms with Crippen LogP contribution in [-0.4, -0.2) is 6.10 Å². The van der Waals surface area contributed by atoms with Gasteiger partial charge in [-0.05, 0) is 19.3 Å². The van der Waals surface area contributed by atoms with Gasteiger partial charge < -0.3 is 0 Å². The van der Waals surface area contributed by atoms with Gasteiger partial charge in [-0.3, -0.25) is 4.84 Å². The van der Waals surface area contributed by atoms with Crippen LogP contribution in [0, 0.1) is 0 Å². The summed E-state index contributed by atoms with van der Waals surface area (Å²) in [6.07, 6.45) is 7.78. The van der Waals surface area contributed by atoms with E-state index in [0.717, 1.165) is 6.42 Å². The highest BCUT2D eigenvalue weighted by Crippen LogP contribution is 2.10. The maximum absolute atomic E-state index is 4.95. The minimum Gasteiger partial charge on any atom is -0.297 e. The second kappa shape index (κ2) is 2.84. The molecule has 0 aromatic carbocycles. The van der Waals surface area contributed by atoms with Crippen molar-refractivity contribution in [3.8, 4) is 0 Å². The summed E-state index contributed by atoms with van der Waals surface area (Å²) in [4.78, 5) is 4.60. The maximum atomic E-state index is 4.95. The molecule has 2 heteroatoms. The zero-order valence-corrected chi connectivity index (χ0v) is 4.84. The van der Waals surface area contributed by atoms with Crippen molar-refractivity contribution in [1.29, 1.82) is 0 Å². The molecule has 2 N–H and O–H groups in total. The third-order valence-electron chi connectivity index (χ3n) is 1.38. The van der Waals surface area contributed by atoms with Crippen LogP contribution < -0.4 is 5.90 Å². The molecule has 0 saturated carbocycles. The minimum atomic E-state index is 0.184. The van der Waals surface area contributed by atoms with Crippen LogP contribution in [-0.2, 0) is 4.84 Å². The molecule has 0 heterocycles. The van der Waals surface area contributed by atoms with E-state index in [1.165, 1.54) is 12.8 Å². The summed E-state index contributed by atoms with van der Waals surface area (Å²) in [5, 5.41) is 0. The van der Waals surface area contributed by atoms with Crippen molar-refractivity contribution in [1.82, 2.24) is 0 Å². The van der Waals surface area contributed by atoms with Crippen LogP contribution >= 0.6 is 0 Å². The Morgan fingerprint density at radius 3 is 2.88 bits per heavy atom. The molecule has 46 valence electrons. The van der Waals surface area contributed by atoms with Gasteiger partial charge in [0.2, 0.25) is 0 Å². The average molecular weight is 113 g/mol. The fourth-order valence-electron chi connectivity index (χ4n) is 0.895. The van der Waals surface area contributed by atoms with Crippen LogP contribution in [0.15, 0.2) is 12.2 Å². The molecule has 0 fully saturated rings. The van der Waals surface area contributed by atoms with Crippen LogP contribution in [0.25, 0.3) is 0 Å². The van der Waals surface area contributed by atoms with E-state index in [9.17, 15) is 0 Å². The predicted octanol–water partition coefficient (Wildman–Crippen LogP) is 0.985. The van der Waals surface area contributed by atoms with Gasteiger partial charge in [0.25, 0.3) is 0 Å². The Hall–Kier alpha value is -0.340. The highest BCUT2D eigenvalue weighted by molar-refractivity contribution is 4.93. The zero-order chi connectivity index (χ0) is 5.82. The van der Waals surface area contributed by atoms with Gasteiger partial charge in [0.15, 0.2) is 0 Å². The summed E-state index contributed by atoms with van der Waals surface area (Å²) in [6.45, 7) is 0. The molecule has 0 aromatic heterocycles. The molecule has 0 spiro atoms. The van der Waals surface area contributed by atoms with Gasteiger partial charge in [-0.1, -0.05) is 12.2 Å². The van der Waals surface area contributed by atoms with E-state index in [0.29, 0.717) is 0 Å². The second-order valence-corrected chi connectivity index (χ2v) is 2.03. The minimum absolute atomic E-state index is 0.184. The molecule has 1 aliphatic carbocycles. The molecular weight excluding hydrogens is 102 g/mol. The standard InChI is InChI=1S/C6H11NO/c7-8-6-4-2-1-3-5-6/h2,4,6H,1,3,5,7H2. The Bertz CT molecular complexity index is 90.5. The number of nitrogens with two attached hydrogens (primary N) is 1. The van der Waals surface area contributed by atoms with E-state index >= 15 is 0 Å². The Morgan fingerprint density at radius 1 is 1.62 bits per heavy atom. The quantitative estimate of drug-likeness (QED) is 0.406. The van der Waals surface area contributed by atoms with Gasteiger partial charge in [-0.2, -0.15) is 0 Å². The van der Waals surface area contributed by atoms with Gasteiger partial charge in [-0.15, -0.1) is 0 Å². The van der Waals surface area contributed by atoms with E-state index in [4.69, 9.17) is 5.90 Å². The summed E-state index contributed by atoms with van der Waals surface area (Å²) in [6, 6.07) is 0. The molecular formula is C6H11NO. The molecule has 1 unspecified atom stereocenters. The lowest BCUT2D eigenvalue weighted by Crippen LogP contribution is -2.16. The molecule has 1 atom stereocenters. The lowest BCUT2D eigenvalue weighted by Gasteiger charge is -2.12. The molecule has 0 saturated heterocycles. The first-order valence-corrected chi connectivity index (χ1v) is 2.95. The average Bonchev–Trinajstić information content (AvgIpc) is 1.90. The molecule has 0 aromatic rings. The van der Waals surface area contributed by atoms with Crippen molar-refractivity contribution in [3.05, 3.63) is 12.2 Å². The van der Waals surface area contributed by atoms with Crippen LogP contribution in [0.1, 0.15) is 19.3 Å². The van der Waals surface area contributed by atoms with Crippen molar-refractivity contribution in [2.24, 2.45) is 5.90 Å². The lowest BCUT2D eigenvalue weighted by molar-refractivity contribution is 0.0763. The fraction of sp³-hybridized carbons (Fsp3) is 0.667. The third kappa shape index (κ3) is 1.32. The number of allylic oxidation sites excluding steroid dienone is 1. The van der Waals surface area contributed by atoms with Crippen molar-refractivity contribution < 1.29 is 4.84 Å². The third-order valence-corrected chi connectivity index (χ3v) is 1.38. The summed E-state index contributed by atoms with van der Waals surface area (Å²) in [5.74, 6) is 4.95. The summed E-state index contributed by atoms with van der Waals surface area (Å²) >= 11 is 0. The first kappa shape index (κ1) is 5.79. The molecule has 0 amide bonds. The van der Waals surface area contributed by atoms with E-state index in [1.807, 2.05) is 6.08 Å². The molecule has 1 aliphatic rings. The smallest absolute Gasteiger partial charge is 0.0968 e. The zero-order valence-electron chi connectivity index (χ0n) is 4.84. The van der Waals surface area contributed by atoms with E-state index < -0.39 is 0 Å². The van der Waals surface area contributed by atoms with Gasteiger partial charge >= 0.3 is 0 Å². The van der Waals surface area contributed by atoms with Gasteiger partial charge in [0.1, 0.15) is 0 Å². The molecule has 0 bridgehead atoms. The van der Waals surface area contributed by atoms with Crippen LogP contribution in [0.3, 0.4) is 0 Å². The number of hydrogen-bond acceptors (Lipinski definition) is 2. The maximum Gasteiger partial charge on any atom is 0.0968 e. The van der Waals surface area contributed by atoms with Crippen molar-refractivity contribution in [2.45, 2.75) is 25.4 Å². The number of rotatable bonds is 1. The van der Waals surface area contributed by atoms with Crippen molar-refractivity contribution in [3.63, 3.8) is 0 Å². The van der Waals surface area contributed by atoms with Gasteiger partial charge in [0, 0.05) is 0 Å². The van der Waals surface area contributed by atoms with Gasteiger partial charge in [0.05, 0.1) is 6.10 Å². The predicted molar refractivity (Wildman–Crippen MR) is 32.1 cm³/mol. The van der Waals surface area contributed by atoms with E-state index in [1.54, 1.807) is 0 Å². The molecule has 1 rings (SSSR count). The SMILES string of the molecule is NOC1C=CCCC1. The van der Waals surface area contributed by atoms with E-state index in [-0.39, 0.29) is 6.10 Å². The Morgan fingerprint density at radius 2 is 2.50 bits per heavy atom. The second-order valence-electron chi connectivity index (χ2n) is 2.03. The highest BCUT2D eigenvalue weighted by Gasteiger charge is 2.05. The highest BCUT2D eigenvalue weighted by atomic mass is 16.6. The van der Waals surface area contributed by atoms with E-state index in [2.05, 4.69) is 10.9 Å². The Kier molecular flexibility index (Phi) is 2.06. The van der Waals surface area contributed by atoms with Crippen molar-refractivity contribution in [2.75, 3.05) is 0 Å². The van der Waals surface area contributed by atoms with Crippen molar-refractivity contribution >= 4 is 0 Å². The van der Waals surface area contributed by atoms with Crippen LogP contribution in [0.2, 0.25) is 0 Å². The van der Waals surface area contributed by atoms with Gasteiger partial charge in [-0.25, -0.2) is 5.90 Å². The van der Waals surface area contributed by atoms with Crippen LogP contribution in [0.5, 0.6) is 0 Å². The molecule has 0 aliphatic heterocycles. The van der Waals surface area contributed by atoms with Crippen LogP contribution in [0.4, 0.5) is 0 Å². The lowest BCUT2D eigenvalue weighted by atomic mass is 10.1. The molecule has 0 radical (unpaired) electrons. The molecule has 2 nitrogen and oxygen atoms in total. The summed E-state index contributed by atoms with van der Waals surface area (Å²) < 4.78 is 0. The largest absolute Gasteiger partial charge is 0.297 e. The topological polar surface area (TPSA) is 35.2 Å².